The first-order valence-corrected chi connectivity index (χ1v) is 8.31. The number of ether oxygens (including phenoxy) is 1. The third kappa shape index (κ3) is 5.57. The van der Waals surface area contributed by atoms with Crippen LogP contribution in [-0.2, 0) is 14.3 Å². The molecule has 1 N–H and O–H groups in total. The molecule has 2 atom stereocenters. The van der Waals surface area contributed by atoms with Crippen molar-refractivity contribution in [2.75, 3.05) is 46.4 Å². The van der Waals surface area contributed by atoms with E-state index >= 15 is 0 Å². The minimum atomic E-state index is -0.222. The zero-order chi connectivity index (χ0) is 16.5. The molecular formula is C16H31N3O3. The summed E-state index contributed by atoms with van der Waals surface area (Å²) in [6.45, 7) is 11.0. The summed E-state index contributed by atoms with van der Waals surface area (Å²) in [5.41, 5.74) is 0. The fourth-order valence-corrected chi connectivity index (χ4v) is 2.86. The van der Waals surface area contributed by atoms with Crippen molar-refractivity contribution in [3.63, 3.8) is 0 Å². The Bertz CT molecular complexity index is 359. The fourth-order valence-electron chi connectivity index (χ4n) is 2.86. The van der Waals surface area contributed by atoms with Gasteiger partial charge in [0, 0.05) is 26.6 Å². The molecule has 1 aliphatic rings. The van der Waals surface area contributed by atoms with Crippen molar-refractivity contribution in [2.24, 2.45) is 5.92 Å². The first-order chi connectivity index (χ1) is 10.5. The molecule has 1 aliphatic heterocycles. The van der Waals surface area contributed by atoms with Gasteiger partial charge in [-0.2, -0.15) is 0 Å². The number of rotatable bonds is 10. The lowest BCUT2D eigenvalue weighted by molar-refractivity contribution is -0.130. The number of carbonyl (C=O) groups excluding carboxylic acids is 2. The van der Waals surface area contributed by atoms with E-state index in [0.29, 0.717) is 26.1 Å². The van der Waals surface area contributed by atoms with Crippen molar-refractivity contribution in [1.29, 1.82) is 0 Å². The molecule has 0 aromatic heterocycles. The molecule has 6 heteroatoms. The molecule has 0 spiro atoms. The smallest absolute Gasteiger partial charge is 0.225 e. The molecule has 128 valence electrons. The minimum Gasteiger partial charge on any atom is -0.383 e. The van der Waals surface area contributed by atoms with E-state index in [2.05, 4.69) is 24.1 Å². The number of carbonyl (C=O) groups is 2. The third-order valence-corrected chi connectivity index (χ3v) is 4.31. The monoisotopic (exact) mass is 313 g/mol. The highest BCUT2D eigenvalue weighted by Gasteiger charge is 2.36. The molecule has 0 aliphatic carbocycles. The van der Waals surface area contributed by atoms with E-state index < -0.39 is 0 Å². The standard InChI is InChI=1S/C16H31N3O3/c1-5-18(6-2)9-7-8-17-16(21)14-10-15(20)19(11-14)13(3)12-22-4/h13-14H,5-12H2,1-4H3,(H,17,21)/t13-,14-/m1/s1. The molecule has 1 saturated heterocycles. The van der Waals surface area contributed by atoms with Crippen LogP contribution in [-0.4, -0.2) is 74.1 Å². The molecule has 0 aromatic rings. The molecule has 0 saturated carbocycles. The molecule has 1 fully saturated rings. The first-order valence-electron chi connectivity index (χ1n) is 8.31. The summed E-state index contributed by atoms with van der Waals surface area (Å²) >= 11 is 0. The number of likely N-dealkylation sites (tertiary alicyclic amines) is 1. The summed E-state index contributed by atoms with van der Waals surface area (Å²) < 4.78 is 5.08. The fraction of sp³-hybridized carbons (Fsp3) is 0.875. The number of hydrogen-bond acceptors (Lipinski definition) is 4. The Morgan fingerprint density at radius 1 is 1.45 bits per heavy atom. The zero-order valence-corrected chi connectivity index (χ0v) is 14.4. The average molecular weight is 313 g/mol. The Hall–Kier alpha value is -1.14. The molecule has 1 rings (SSSR count). The van der Waals surface area contributed by atoms with Gasteiger partial charge >= 0.3 is 0 Å². The molecule has 2 amide bonds. The highest BCUT2D eigenvalue weighted by molar-refractivity contribution is 5.89. The van der Waals surface area contributed by atoms with E-state index in [1.54, 1.807) is 12.0 Å². The maximum absolute atomic E-state index is 12.2. The van der Waals surface area contributed by atoms with Crippen LogP contribution in [0.5, 0.6) is 0 Å². The normalized spacial score (nSPS) is 19.8. The second-order valence-electron chi connectivity index (χ2n) is 5.92. The lowest BCUT2D eigenvalue weighted by atomic mass is 10.1. The van der Waals surface area contributed by atoms with Gasteiger partial charge in [0.25, 0.3) is 0 Å². The highest BCUT2D eigenvalue weighted by atomic mass is 16.5. The van der Waals surface area contributed by atoms with Crippen LogP contribution in [0, 0.1) is 5.92 Å². The highest BCUT2D eigenvalue weighted by Crippen LogP contribution is 2.20. The van der Waals surface area contributed by atoms with E-state index in [-0.39, 0.29) is 23.8 Å². The van der Waals surface area contributed by atoms with Crippen LogP contribution in [0.1, 0.15) is 33.6 Å². The zero-order valence-electron chi connectivity index (χ0n) is 14.4. The Morgan fingerprint density at radius 2 is 2.14 bits per heavy atom. The maximum atomic E-state index is 12.2. The second-order valence-corrected chi connectivity index (χ2v) is 5.92. The number of hydrogen-bond donors (Lipinski definition) is 1. The molecule has 0 radical (unpaired) electrons. The van der Waals surface area contributed by atoms with Crippen molar-refractivity contribution >= 4 is 11.8 Å². The molecule has 1 heterocycles. The van der Waals surface area contributed by atoms with Crippen LogP contribution in [0.2, 0.25) is 0 Å². The largest absolute Gasteiger partial charge is 0.383 e. The first kappa shape index (κ1) is 18.9. The summed E-state index contributed by atoms with van der Waals surface area (Å²) in [7, 11) is 1.62. The summed E-state index contributed by atoms with van der Waals surface area (Å²) in [4.78, 5) is 28.2. The average Bonchev–Trinajstić information content (AvgIpc) is 2.89. The number of nitrogens with zero attached hydrogens (tertiary/aromatic N) is 2. The van der Waals surface area contributed by atoms with Crippen molar-refractivity contribution in [3.8, 4) is 0 Å². The SMILES string of the molecule is CCN(CC)CCCNC(=O)[C@@H]1CC(=O)N([C@H](C)COC)C1. The quantitative estimate of drug-likeness (QED) is 0.604. The summed E-state index contributed by atoms with van der Waals surface area (Å²) in [6.07, 6.45) is 1.26. The van der Waals surface area contributed by atoms with E-state index in [1.165, 1.54) is 0 Å². The Kier molecular flexibility index (Phi) is 8.42. The van der Waals surface area contributed by atoms with Crippen molar-refractivity contribution in [1.82, 2.24) is 15.1 Å². The van der Waals surface area contributed by atoms with Crippen LogP contribution in [0.4, 0.5) is 0 Å². The van der Waals surface area contributed by atoms with Gasteiger partial charge in [-0.3, -0.25) is 9.59 Å². The summed E-state index contributed by atoms with van der Waals surface area (Å²) in [5.74, 6) is -0.173. The van der Waals surface area contributed by atoms with E-state index in [4.69, 9.17) is 4.74 Å². The van der Waals surface area contributed by atoms with Crippen LogP contribution in [0.3, 0.4) is 0 Å². The number of amides is 2. The Morgan fingerprint density at radius 3 is 2.73 bits per heavy atom. The van der Waals surface area contributed by atoms with Gasteiger partial charge in [-0.15, -0.1) is 0 Å². The van der Waals surface area contributed by atoms with Gasteiger partial charge in [-0.05, 0) is 33.0 Å². The molecule has 6 nitrogen and oxygen atoms in total. The summed E-state index contributed by atoms with van der Waals surface area (Å²) in [6, 6.07) is 0.0259. The van der Waals surface area contributed by atoms with Gasteiger partial charge in [0.1, 0.15) is 0 Å². The van der Waals surface area contributed by atoms with E-state index in [9.17, 15) is 9.59 Å². The number of nitrogens with one attached hydrogen (secondary N) is 1. The Labute approximate surface area is 134 Å². The van der Waals surface area contributed by atoms with Gasteiger partial charge in [0.15, 0.2) is 0 Å². The van der Waals surface area contributed by atoms with Gasteiger partial charge in [0.2, 0.25) is 11.8 Å². The molecular weight excluding hydrogens is 282 g/mol. The predicted molar refractivity (Wildman–Crippen MR) is 86.6 cm³/mol. The predicted octanol–water partition coefficient (Wildman–Crippen LogP) is 0.718. The van der Waals surface area contributed by atoms with Crippen molar-refractivity contribution in [2.45, 2.75) is 39.7 Å². The van der Waals surface area contributed by atoms with Crippen LogP contribution in [0.25, 0.3) is 0 Å². The van der Waals surface area contributed by atoms with Crippen molar-refractivity contribution in [3.05, 3.63) is 0 Å². The van der Waals surface area contributed by atoms with E-state index in [0.717, 1.165) is 26.1 Å². The molecule has 22 heavy (non-hydrogen) atoms. The molecule has 0 bridgehead atoms. The lowest BCUT2D eigenvalue weighted by Gasteiger charge is -2.24. The summed E-state index contributed by atoms with van der Waals surface area (Å²) in [5, 5.41) is 2.96. The number of methoxy groups -OCH3 is 1. The van der Waals surface area contributed by atoms with Gasteiger partial charge < -0.3 is 19.9 Å². The van der Waals surface area contributed by atoms with E-state index in [1.807, 2.05) is 6.92 Å². The van der Waals surface area contributed by atoms with Crippen LogP contribution in [0.15, 0.2) is 0 Å². The lowest BCUT2D eigenvalue weighted by Crippen LogP contribution is -2.39. The maximum Gasteiger partial charge on any atom is 0.225 e. The second kappa shape index (κ2) is 9.79. The topological polar surface area (TPSA) is 61.9 Å². The molecule has 0 unspecified atom stereocenters. The van der Waals surface area contributed by atoms with Gasteiger partial charge in [-0.25, -0.2) is 0 Å². The Balaban J connectivity index is 2.30. The van der Waals surface area contributed by atoms with Gasteiger partial charge in [-0.1, -0.05) is 13.8 Å². The third-order valence-electron chi connectivity index (χ3n) is 4.31. The minimum absolute atomic E-state index is 0.0000128. The van der Waals surface area contributed by atoms with Gasteiger partial charge in [0.05, 0.1) is 18.6 Å². The van der Waals surface area contributed by atoms with Crippen LogP contribution >= 0.6 is 0 Å². The van der Waals surface area contributed by atoms with Crippen LogP contribution < -0.4 is 5.32 Å². The van der Waals surface area contributed by atoms with Crippen molar-refractivity contribution < 1.29 is 14.3 Å². The molecule has 0 aromatic carbocycles.